The minimum atomic E-state index is -0.0205. The number of likely N-dealkylation sites (tertiary alicyclic amines) is 1. The van der Waals surface area contributed by atoms with Gasteiger partial charge in [0.2, 0.25) is 5.91 Å². The van der Waals surface area contributed by atoms with Gasteiger partial charge in [-0.15, -0.1) is 0 Å². The van der Waals surface area contributed by atoms with Crippen LogP contribution in [0.2, 0.25) is 0 Å². The van der Waals surface area contributed by atoms with E-state index in [1.54, 1.807) is 0 Å². The first-order chi connectivity index (χ1) is 12.0. The highest BCUT2D eigenvalue weighted by atomic mass is 79.9. The number of carbonyl (C=O) groups excluding carboxylic acids is 2. The summed E-state index contributed by atoms with van der Waals surface area (Å²) in [6, 6.07) is 11.7. The second-order valence-corrected chi connectivity index (χ2v) is 7.34. The fourth-order valence-electron chi connectivity index (χ4n) is 3.17. The number of hydrogen-bond donors (Lipinski definition) is 1. The van der Waals surface area contributed by atoms with Crippen LogP contribution >= 0.6 is 15.9 Å². The third kappa shape index (κ3) is 4.31. The molecule has 5 nitrogen and oxygen atoms in total. The van der Waals surface area contributed by atoms with Crippen molar-refractivity contribution >= 4 is 27.7 Å². The number of amides is 2. The van der Waals surface area contributed by atoms with Gasteiger partial charge in [0.1, 0.15) is 5.69 Å². The largest absolute Gasteiger partial charge is 0.352 e. The van der Waals surface area contributed by atoms with Crippen molar-refractivity contribution in [3.63, 3.8) is 0 Å². The number of nitrogens with one attached hydrogen (secondary N) is 1. The van der Waals surface area contributed by atoms with Gasteiger partial charge in [0, 0.05) is 43.3 Å². The maximum Gasteiger partial charge on any atom is 0.270 e. The lowest BCUT2D eigenvalue weighted by atomic mass is 9.95. The van der Waals surface area contributed by atoms with Crippen LogP contribution in [0.4, 0.5) is 0 Å². The summed E-state index contributed by atoms with van der Waals surface area (Å²) in [6.45, 7) is 1.78. The van der Waals surface area contributed by atoms with Gasteiger partial charge in [-0.25, -0.2) is 0 Å². The molecule has 1 aromatic carbocycles. The normalized spacial score (nSPS) is 15.2. The maximum atomic E-state index is 12.6. The van der Waals surface area contributed by atoms with Gasteiger partial charge in [0.25, 0.3) is 5.91 Å². The van der Waals surface area contributed by atoms with Crippen molar-refractivity contribution in [1.82, 2.24) is 14.8 Å². The number of rotatable bonds is 4. The van der Waals surface area contributed by atoms with Gasteiger partial charge in [0.05, 0.1) is 0 Å². The first-order valence-corrected chi connectivity index (χ1v) is 9.26. The molecule has 0 bridgehead atoms. The standard InChI is InChI=1S/C19H22BrN3O2/c1-22-13-16(20)11-17(22)19(25)23-9-7-15(8-10-23)18(24)21-12-14-5-3-2-4-6-14/h2-6,11,13,15H,7-10,12H2,1H3,(H,21,24). The van der Waals surface area contributed by atoms with Gasteiger partial charge in [-0.3, -0.25) is 9.59 Å². The first kappa shape index (κ1) is 17.7. The number of carbonyl (C=O) groups is 2. The Bertz CT molecular complexity index is 749. The van der Waals surface area contributed by atoms with Crippen LogP contribution in [-0.4, -0.2) is 34.4 Å². The highest BCUT2D eigenvalue weighted by Crippen LogP contribution is 2.21. The van der Waals surface area contributed by atoms with E-state index in [9.17, 15) is 9.59 Å². The molecule has 25 heavy (non-hydrogen) atoms. The molecule has 1 aromatic heterocycles. The molecule has 1 saturated heterocycles. The summed E-state index contributed by atoms with van der Waals surface area (Å²) in [6.07, 6.45) is 3.28. The molecule has 0 aliphatic carbocycles. The van der Waals surface area contributed by atoms with Gasteiger partial charge in [0.15, 0.2) is 0 Å². The van der Waals surface area contributed by atoms with E-state index in [4.69, 9.17) is 0 Å². The van der Waals surface area contributed by atoms with Gasteiger partial charge in [-0.2, -0.15) is 0 Å². The molecule has 1 fully saturated rings. The molecule has 1 aliphatic heterocycles. The molecule has 132 valence electrons. The number of nitrogens with zero attached hydrogens (tertiary/aromatic N) is 2. The summed E-state index contributed by atoms with van der Waals surface area (Å²) in [5, 5.41) is 3.00. The van der Waals surface area contributed by atoms with Crippen LogP contribution in [0, 0.1) is 5.92 Å². The van der Waals surface area contributed by atoms with Gasteiger partial charge in [-0.05, 0) is 40.4 Å². The highest BCUT2D eigenvalue weighted by molar-refractivity contribution is 9.10. The molecule has 1 aliphatic rings. The van der Waals surface area contributed by atoms with E-state index in [1.807, 2.05) is 59.1 Å². The number of halogens is 1. The zero-order valence-corrected chi connectivity index (χ0v) is 15.8. The topological polar surface area (TPSA) is 54.3 Å². The third-order valence-electron chi connectivity index (χ3n) is 4.65. The minimum Gasteiger partial charge on any atom is -0.352 e. The molecule has 2 amide bonds. The number of hydrogen-bond acceptors (Lipinski definition) is 2. The lowest BCUT2D eigenvalue weighted by molar-refractivity contribution is -0.126. The highest BCUT2D eigenvalue weighted by Gasteiger charge is 2.28. The van der Waals surface area contributed by atoms with Crippen LogP contribution in [-0.2, 0) is 18.4 Å². The van der Waals surface area contributed by atoms with E-state index in [2.05, 4.69) is 21.2 Å². The SMILES string of the molecule is Cn1cc(Br)cc1C(=O)N1CCC(C(=O)NCc2ccccc2)CC1. The van der Waals surface area contributed by atoms with Crippen LogP contribution in [0.15, 0.2) is 47.1 Å². The Morgan fingerprint density at radius 1 is 1.20 bits per heavy atom. The minimum absolute atomic E-state index is 0.0205. The van der Waals surface area contributed by atoms with Crippen molar-refractivity contribution in [2.24, 2.45) is 13.0 Å². The smallest absolute Gasteiger partial charge is 0.270 e. The molecule has 0 saturated carbocycles. The molecular formula is C19H22BrN3O2. The average molecular weight is 404 g/mol. The van der Waals surface area contributed by atoms with Crippen molar-refractivity contribution < 1.29 is 9.59 Å². The Kier molecular flexibility index (Phi) is 5.58. The maximum absolute atomic E-state index is 12.6. The predicted molar refractivity (Wildman–Crippen MR) is 100 cm³/mol. The molecule has 2 heterocycles. The molecule has 2 aromatic rings. The van der Waals surface area contributed by atoms with Crippen molar-refractivity contribution in [1.29, 1.82) is 0 Å². The van der Waals surface area contributed by atoms with Crippen LogP contribution in [0.5, 0.6) is 0 Å². The first-order valence-electron chi connectivity index (χ1n) is 8.47. The number of benzene rings is 1. The molecule has 0 radical (unpaired) electrons. The van der Waals surface area contributed by atoms with E-state index in [0.29, 0.717) is 38.2 Å². The Labute approximate surface area is 156 Å². The van der Waals surface area contributed by atoms with E-state index < -0.39 is 0 Å². The summed E-state index contributed by atoms with van der Waals surface area (Å²) in [5.74, 6) is 0.0850. The Balaban J connectivity index is 1.50. The van der Waals surface area contributed by atoms with Crippen molar-refractivity contribution in [2.75, 3.05) is 13.1 Å². The van der Waals surface area contributed by atoms with Crippen LogP contribution in [0.3, 0.4) is 0 Å². The van der Waals surface area contributed by atoms with Gasteiger partial charge >= 0.3 is 0 Å². The van der Waals surface area contributed by atoms with E-state index in [0.717, 1.165) is 10.0 Å². The predicted octanol–water partition coefficient (Wildman–Crippen LogP) is 2.96. The van der Waals surface area contributed by atoms with Gasteiger partial charge < -0.3 is 14.8 Å². The summed E-state index contributed by atoms with van der Waals surface area (Å²) in [5.41, 5.74) is 1.76. The lowest BCUT2D eigenvalue weighted by Crippen LogP contribution is -2.43. The number of aryl methyl sites for hydroxylation is 1. The molecule has 1 N–H and O–H groups in total. The molecule has 0 spiro atoms. The number of piperidine rings is 1. The quantitative estimate of drug-likeness (QED) is 0.852. The molecule has 0 atom stereocenters. The van der Waals surface area contributed by atoms with E-state index in [1.165, 1.54) is 0 Å². The van der Waals surface area contributed by atoms with E-state index in [-0.39, 0.29) is 17.7 Å². The lowest BCUT2D eigenvalue weighted by Gasteiger charge is -2.31. The molecule has 3 rings (SSSR count). The average Bonchev–Trinajstić information content (AvgIpc) is 2.98. The summed E-state index contributed by atoms with van der Waals surface area (Å²) in [4.78, 5) is 26.8. The zero-order chi connectivity index (χ0) is 17.8. The Hall–Kier alpha value is -2.08. The second kappa shape index (κ2) is 7.87. The third-order valence-corrected chi connectivity index (χ3v) is 5.09. The van der Waals surface area contributed by atoms with Crippen LogP contribution in [0.1, 0.15) is 28.9 Å². The fourth-order valence-corrected chi connectivity index (χ4v) is 3.70. The molecular weight excluding hydrogens is 382 g/mol. The Morgan fingerprint density at radius 2 is 1.88 bits per heavy atom. The second-order valence-electron chi connectivity index (χ2n) is 6.42. The number of aromatic nitrogens is 1. The summed E-state index contributed by atoms with van der Waals surface area (Å²) >= 11 is 3.40. The molecule has 0 unspecified atom stereocenters. The van der Waals surface area contributed by atoms with E-state index >= 15 is 0 Å². The van der Waals surface area contributed by atoms with Crippen molar-refractivity contribution in [3.8, 4) is 0 Å². The molecule has 6 heteroatoms. The Morgan fingerprint density at radius 3 is 2.48 bits per heavy atom. The zero-order valence-electron chi connectivity index (χ0n) is 14.2. The monoisotopic (exact) mass is 403 g/mol. The van der Waals surface area contributed by atoms with Crippen molar-refractivity contribution in [2.45, 2.75) is 19.4 Å². The summed E-state index contributed by atoms with van der Waals surface area (Å²) in [7, 11) is 1.86. The van der Waals surface area contributed by atoms with Gasteiger partial charge in [-0.1, -0.05) is 30.3 Å². The van der Waals surface area contributed by atoms with Crippen molar-refractivity contribution in [3.05, 3.63) is 58.3 Å². The summed E-state index contributed by atoms with van der Waals surface area (Å²) < 4.78 is 2.72. The fraction of sp³-hybridized carbons (Fsp3) is 0.368. The van der Waals surface area contributed by atoms with Crippen LogP contribution in [0.25, 0.3) is 0 Å². The van der Waals surface area contributed by atoms with Crippen LogP contribution < -0.4 is 5.32 Å².